The van der Waals surface area contributed by atoms with Crippen molar-refractivity contribution in [2.24, 2.45) is 10.9 Å². The maximum absolute atomic E-state index is 12.6. The normalized spacial score (nSPS) is 19.7. The van der Waals surface area contributed by atoms with Crippen molar-refractivity contribution in [1.82, 2.24) is 5.32 Å². The number of rotatable bonds is 4. The van der Waals surface area contributed by atoms with Gasteiger partial charge in [0, 0.05) is 5.71 Å². The lowest BCUT2D eigenvalue weighted by Gasteiger charge is -2.29. The second kappa shape index (κ2) is 7.17. The van der Waals surface area contributed by atoms with Gasteiger partial charge in [0.15, 0.2) is 0 Å². The molecule has 0 fully saturated rings. The number of hydrogen-bond acceptors (Lipinski definition) is 4. The van der Waals surface area contributed by atoms with E-state index in [-0.39, 0.29) is 12.4 Å². The van der Waals surface area contributed by atoms with Crippen molar-refractivity contribution in [3.8, 4) is 5.75 Å². The molecule has 6 nitrogen and oxygen atoms in total. The van der Waals surface area contributed by atoms with E-state index in [1.165, 1.54) is 12.1 Å². The first-order valence-corrected chi connectivity index (χ1v) is 7.90. The van der Waals surface area contributed by atoms with Gasteiger partial charge in [-0.15, -0.1) is 0 Å². The fraction of sp³-hybridized carbons (Fsp3) is 0.211. The summed E-state index contributed by atoms with van der Waals surface area (Å²) in [5, 5.41) is 12.1. The highest BCUT2D eigenvalue weighted by atomic mass is 16.5. The van der Waals surface area contributed by atoms with Gasteiger partial charge in [-0.25, -0.2) is 9.79 Å². The quantitative estimate of drug-likeness (QED) is 0.839. The molecule has 0 aromatic heterocycles. The zero-order valence-electron chi connectivity index (χ0n) is 13.7. The van der Waals surface area contributed by atoms with Gasteiger partial charge in [-0.2, -0.15) is 0 Å². The van der Waals surface area contributed by atoms with E-state index in [0.717, 1.165) is 5.56 Å². The van der Waals surface area contributed by atoms with Crippen molar-refractivity contribution >= 4 is 17.7 Å². The lowest BCUT2D eigenvalue weighted by atomic mass is 9.88. The minimum Gasteiger partial charge on any atom is -0.508 e. The van der Waals surface area contributed by atoms with E-state index in [1.807, 2.05) is 30.3 Å². The van der Waals surface area contributed by atoms with Gasteiger partial charge < -0.3 is 15.2 Å². The molecule has 2 unspecified atom stereocenters. The van der Waals surface area contributed by atoms with Crippen molar-refractivity contribution in [3.63, 3.8) is 0 Å². The number of aromatic hydroxyl groups is 1. The Bertz CT molecular complexity index is 800. The number of urea groups is 1. The molecule has 1 heterocycles. The zero-order chi connectivity index (χ0) is 17.8. The highest BCUT2D eigenvalue weighted by Crippen LogP contribution is 2.29. The molecule has 3 rings (SSSR count). The molecule has 2 N–H and O–H groups in total. The summed E-state index contributed by atoms with van der Waals surface area (Å²) in [6.45, 7) is 1.79. The van der Waals surface area contributed by atoms with Crippen LogP contribution in [0.2, 0.25) is 0 Å². The Morgan fingerprint density at radius 3 is 2.52 bits per heavy atom. The molecule has 128 valence electrons. The topological polar surface area (TPSA) is 88.0 Å². The molecule has 25 heavy (non-hydrogen) atoms. The molecule has 2 aromatic carbocycles. The number of esters is 1. The number of amides is 2. The third-order valence-electron chi connectivity index (χ3n) is 4.07. The summed E-state index contributed by atoms with van der Waals surface area (Å²) in [4.78, 5) is 28.3. The Morgan fingerprint density at radius 1 is 1.16 bits per heavy atom. The predicted octanol–water partition coefficient (Wildman–Crippen LogP) is 2.98. The Kier molecular flexibility index (Phi) is 4.79. The summed E-state index contributed by atoms with van der Waals surface area (Å²) in [5.74, 6) is -1.06. The van der Waals surface area contributed by atoms with Gasteiger partial charge in [0.25, 0.3) is 0 Å². The Balaban J connectivity index is 1.81. The van der Waals surface area contributed by atoms with E-state index in [9.17, 15) is 14.7 Å². The van der Waals surface area contributed by atoms with Crippen molar-refractivity contribution in [2.45, 2.75) is 19.6 Å². The van der Waals surface area contributed by atoms with Crippen LogP contribution in [-0.4, -0.2) is 22.8 Å². The van der Waals surface area contributed by atoms with Crippen molar-refractivity contribution in [2.75, 3.05) is 0 Å². The third-order valence-corrected chi connectivity index (χ3v) is 4.07. The smallest absolute Gasteiger partial charge is 0.341 e. The standard InChI is InChI=1S/C19H18N2O4/c1-12-16(18(23)25-11-13-5-3-2-4-6-13)17(21-19(24)20-12)14-7-9-15(22)10-8-14/h2-10,16-17,22H,11H2,1H3,(H,21,24). The van der Waals surface area contributed by atoms with E-state index in [4.69, 9.17) is 4.74 Å². The molecule has 2 amide bonds. The fourth-order valence-corrected chi connectivity index (χ4v) is 2.80. The van der Waals surface area contributed by atoms with Crippen LogP contribution in [0.1, 0.15) is 24.1 Å². The van der Waals surface area contributed by atoms with Crippen LogP contribution in [0.5, 0.6) is 5.75 Å². The van der Waals surface area contributed by atoms with Gasteiger partial charge in [-0.05, 0) is 30.2 Å². The van der Waals surface area contributed by atoms with E-state index in [1.54, 1.807) is 19.1 Å². The maximum Gasteiger partial charge on any atom is 0.341 e. The van der Waals surface area contributed by atoms with Crippen LogP contribution >= 0.6 is 0 Å². The minimum absolute atomic E-state index is 0.111. The lowest BCUT2D eigenvalue weighted by Crippen LogP contribution is -2.44. The number of benzene rings is 2. The first kappa shape index (κ1) is 16.7. The molecular weight excluding hydrogens is 320 g/mol. The summed E-state index contributed by atoms with van der Waals surface area (Å²) < 4.78 is 5.43. The van der Waals surface area contributed by atoms with Gasteiger partial charge in [0.05, 0.1) is 6.04 Å². The summed E-state index contributed by atoms with van der Waals surface area (Å²) in [6.07, 6.45) is 0. The molecule has 0 bridgehead atoms. The Hall–Kier alpha value is -3.15. The number of carbonyl (C=O) groups is 2. The van der Waals surface area contributed by atoms with Crippen LogP contribution in [0.25, 0.3) is 0 Å². The number of hydrogen-bond donors (Lipinski definition) is 2. The fourth-order valence-electron chi connectivity index (χ4n) is 2.80. The SMILES string of the molecule is CC1=NC(=O)NC(c2ccc(O)cc2)C1C(=O)OCc1ccccc1. The van der Waals surface area contributed by atoms with Crippen molar-refractivity contribution < 1.29 is 19.4 Å². The predicted molar refractivity (Wildman–Crippen MR) is 92.2 cm³/mol. The number of phenolic OH excluding ortho intramolecular Hbond substituents is 1. The lowest BCUT2D eigenvalue weighted by molar-refractivity contribution is -0.148. The average molecular weight is 338 g/mol. The molecule has 1 aliphatic heterocycles. The Labute approximate surface area is 145 Å². The van der Waals surface area contributed by atoms with E-state index >= 15 is 0 Å². The summed E-state index contributed by atoms with van der Waals surface area (Å²) in [5.41, 5.74) is 1.98. The van der Waals surface area contributed by atoms with Crippen LogP contribution in [0.3, 0.4) is 0 Å². The number of aliphatic imine (C=N–C) groups is 1. The average Bonchev–Trinajstić information content (AvgIpc) is 2.60. The highest BCUT2D eigenvalue weighted by molar-refractivity contribution is 6.08. The molecule has 0 saturated carbocycles. The van der Waals surface area contributed by atoms with Gasteiger partial charge in [0.2, 0.25) is 0 Å². The van der Waals surface area contributed by atoms with Crippen LogP contribution < -0.4 is 5.32 Å². The van der Waals surface area contributed by atoms with Crippen LogP contribution in [0, 0.1) is 5.92 Å². The largest absolute Gasteiger partial charge is 0.508 e. The van der Waals surface area contributed by atoms with E-state index in [0.29, 0.717) is 11.3 Å². The molecule has 2 atom stereocenters. The summed E-state index contributed by atoms with van der Waals surface area (Å²) >= 11 is 0. The Morgan fingerprint density at radius 2 is 1.84 bits per heavy atom. The summed E-state index contributed by atoms with van der Waals surface area (Å²) in [6, 6.07) is 14.6. The molecule has 1 aliphatic rings. The summed E-state index contributed by atoms with van der Waals surface area (Å²) in [7, 11) is 0. The molecule has 2 aromatic rings. The number of nitrogens with one attached hydrogen (secondary N) is 1. The second-order valence-corrected chi connectivity index (χ2v) is 5.84. The van der Waals surface area contributed by atoms with Gasteiger partial charge in [-0.3, -0.25) is 4.79 Å². The van der Waals surface area contributed by atoms with Gasteiger partial charge >= 0.3 is 12.0 Å². The maximum atomic E-state index is 12.6. The molecule has 0 radical (unpaired) electrons. The van der Waals surface area contributed by atoms with Crippen LogP contribution in [-0.2, 0) is 16.1 Å². The molecule has 0 aliphatic carbocycles. The first-order chi connectivity index (χ1) is 12.0. The number of nitrogens with zero attached hydrogens (tertiary/aromatic N) is 1. The number of ether oxygens (including phenoxy) is 1. The minimum atomic E-state index is -0.717. The van der Waals surface area contributed by atoms with Crippen molar-refractivity contribution in [1.29, 1.82) is 0 Å². The van der Waals surface area contributed by atoms with Crippen LogP contribution in [0.4, 0.5) is 4.79 Å². The monoisotopic (exact) mass is 338 g/mol. The molecular formula is C19H18N2O4. The van der Waals surface area contributed by atoms with Gasteiger partial charge in [0.1, 0.15) is 18.3 Å². The molecule has 6 heteroatoms. The van der Waals surface area contributed by atoms with E-state index < -0.39 is 24.0 Å². The third kappa shape index (κ3) is 3.85. The van der Waals surface area contributed by atoms with Crippen molar-refractivity contribution in [3.05, 3.63) is 65.7 Å². The van der Waals surface area contributed by atoms with E-state index in [2.05, 4.69) is 10.3 Å². The number of carbonyl (C=O) groups excluding carboxylic acids is 2. The highest BCUT2D eigenvalue weighted by Gasteiger charge is 2.37. The van der Waals surface area contributed by atoms with Crippen LogP contribution in [0.15, 0.2) is 59.6 Å². The van der Waals surface area contributed by atoms with Gasteiger partial charge in [-0.1, -0.05) is 42.5 Å². The number of phenols is 1. The zero-order valence-corrected chi connectivity index (χ0v) is 13.7. The molecule has 0 saturated heterocycles. The first-order valence-electron chi connectivity index (χ1n) is 7.90. The molecule has 0 spiro atoms. The second-order valence-electron chi connectivity index (χ2n) is 5.84.